The van der Waals surface area contributed by atoms with Crippen LogP contribution in [0.25, 0.3) is 11.2 Å². The van der Waals surface area contributed by atoms with Gasteiger partial charge in [0.1, 0.15) is 17.2 Å². The number of anilines is 1. The van der Waals surface area contributed by atoms with Crippen LogP contribution in [-0.4, -0.2) is 34.1 Å². The monoisotopic (exact) mass is 375 g/mol. The second-order valence-electron chi connectivity index (χ2n) is 6.89. The first-order valence-electron chi connectivity index (χ1n) is 8.91. The molecule has 0 saturated carbocycles. The first-order chi connectivity index (χ1) is 13.4. The highest BCUT2D eigenvalue weighted by atomic mass is 16.5. The molecule has 1 aliphatic heterocycles. The number of likely N-dealkylation sites (N-methyl/N-ethyl adjacent to an activating group) is 1. The van der Waals surface area contributed by atoms with Crippen molar-refractivity contribution >= 4 is 22.8 Å². The molecule has 0 spiro atoms. The Bertz CT molecular complexity index is 1120. The normalized spacial score (nSPS) is 13.2. The average molecular weight is 375 g/mol. The fourth-order valence-corrected chi connectivity index (χ4v) is 3.20. The number of amides is 1. The maximum atomic E-state index is 12.7. The highest BCUT2D eigenvalue weighted by Gasteiger charge is 2.18. The van der Waals surface area contributed by atoms with Crippen LogP contribution in [0.4, 0.5) is 5.69 Å². The molecule has 0 aliphatic carbocycles. The first-order valence-corrected chi connectivity index (χ1v) is 8.91. The average Bonchev–Trinajstić information content (AvgIpc) is 3.13. The molecule has 4 rings (SSSR count). The molecule has 0 saturated heterocycles. The minimum absolute atomic E-state index is 0.248. The number of nitrogens with one attached hydrogen (secondary N) is 1. The molecule has 0 radical (unpaired) electrons. The van der Waals surface area contributed by atoms with E-state index >= 15 is 0 Å². The third kappa shape index (κ3) is 3.22. The van der Waals surface area contributed by atoms with Crippen LogP contribution < -0.4 is 15.0 Å². The van der Waals surface area contributed by atoms with E-state index in [9.17, 15) is 4.79 Å². The Kier molecular flexibility index (Phi) is 4.35. The number of hydrogen-bond donors (Lipinski definition) is 1. The van der Waals surface area contributed by atoms with Gasteiger partial charge in [-0.15, -0.1) is 0 Å². The van der Waals surface area contributed by atoms with Crippen LogP contribution in [0, 0.1) is 0 Å². The summed E-state index contributed by atoms with van der Waals surface area (Å²) in [6.45, 7) is 10.7. The molecule has 142 valence electrons. The molecule has 0 unspecified atom stereocenters. The highest BCUT2D eigenvalue weighted by molar-refractivity contribution is 5.93. The van der Waals surface area contributed by atoms with E-state index in [-0.39, 0.29) is 5.91 Å². The summed E-state index contributed by atoms with van der Waals surface area (Å²) in [5, 5.41) is 7.16. The quantitative estimate of drug-likeness (QED) is 0.759. The van der Waals surface area contributed by atoms with E-state index < -0.39 is 0 Å². The zero-order valence-electron chi connectivity index (χ0n) is 15.9. The van der Waals surface area contributed by atoms with Crippen molar-refractivity contribution in [2.24, 2.45) is 0 Å². The zero-order valence-corrected chi connectivity index (χ0v) is 15.9. The van der Waals surface area contributed by atoms with E-state index in [0.29, 0.717) is 30.2 Å². The molecule has 28 heavy (non-hydrogen) atoms. The van der Waals surface area contributed by atoms with Crippen LogP contribution in [0.1, 0.15) is 28.7 Å². The lowest BCUT2D eigenvalue weighted by Crippen LogP contribution is -2.28. The van der Waals surface area contributed by atoms with Crippen molar-refractivity contribution in [3.8, 4) is 5.75 Å². The second kappa shape index (κ2) is 6.84. The number of allylic oxidation sites excluding steroid dienone is 1. The van der Waals surface area contributed by atoms with E-state index in [0.717, 1.165) is 28.3 Å². The molecule has 1 N–H and O–H groups in total. The summed E-state index contributed by atoms with van der Waals surface area (Å²) < 4.78 is 7.34. The minimum Gasteiger partial charge on any atom is -0.458 e. The van der Waals surface area contributed by atoms with Crippen LogP contribution in [0.15, 0.2) is 55.4 Å². The van der Waals surface area contributed by atoms with Crippen molar-refractivity contribution in [3.63, 3.8) is 0 Å². The van der Waals surface area contributed by atoms with Gasteiger partial charge in [0.2, 0.25) is 0 Å². The molecule has 7 nitrogen and oxygen atoms in total. The molecule has 0 fully saturated rings. The van der Waals surface area contributed by atoms with Crippen molar-refractivity contribution in [2.45, 2.75) is 13.5 Å². The van der Waals surface area contributed by atoms with E-state index in [1.165, 1.54) is 0 Å². The molecule has 7 heteroatoms. The van der Waals surface area contributed by atoms with Gasteiger partial charge in [0.05, 0.1) is 24.1 Å². The standard InChI is InChI=1S/C21H21N5O2/c1-13(2)17-10-16(24-20-7-8-23-26(17)20)21(27)22-11-15-5-6-19-18(9-15)25(4)12-14(3)28-19/h5-10H,1,3,11-12H2,2,4H3,(H,22,27). The van der Waals surface area contributed by atoms with E-state index in [2.05, 4.69) is 33.5 Å². The van der Waals surface area contributed by atoms with Crippen molar-refractivity contribution in [1.29, 1.82) is 0 Å². The molecule has 3 heterocycles. The van der Waals surface area contributed by atoms with Gasteiger partial charge < -0.3 is 15.0 Å². The van der Waals surface area contributed by atoms with E-state index in [4.69, 9.17) is 4.74 Å². The van der Waals surface area contributed by atoms with Crippen molar-refractivity contribution in [2.75, 3.05) is 18.5 Å². The van der Waals surface area contributed by atoms with Crippen LogP contribution >= 0.6 is 0 Å². The summed E-state index contributed by atoms with van der Waals surface area (Å²) in [7, 11) is 1.98. The summed E-state index contributed by atoms with van der Waals surface area (Å²) in [6.07, 6.45) is 1.65. The number of rotatable bonds is 4. The molecule has 0 bridgehead atoms. The summed E-state index contributed by atoms with van der Waals surface area (Å²) in [4.78, 5) is 19.1. The third-order valence-corrected chi connectivity index (χ3v) is 4.58. The number of carbonyl (C=O) groups is 1. The number of aromatic nitrogens is 3. The molecule has 1 aromatic carbocycles. The highest BCUT2D eigenvalue weighted by Crippen LogP contribution is 2.34. The van der Waals surface area contributed by atoms with Gasteiger partial charge in [-0.1, -0.05) is 19.2 Å². The van der Waals surface area contributed by atoms with Crippen molar-refractivity contribution < 1.29 is 9.53 Å². The topological polar surface area (TPSA) is 71.8 Å². The molecule has 0 atom stereocenters. The summed E-state index contributed by atoms with van der Waals surface area (Å²) in [5.41, 5.74) is 4.46. The van der Waals surface area contributed by atoms with Gasteiger partial charge in [-0.3, -0.25) is 4.79 Å². The Morgan fingerprint density at radius 3 is 2.93 bits per heavy atom. The van der Waals surface area contributed by atoms with Crippen LogP contribution in [0.3, 0.4) is 0 Å². The SMILES string of the molecule is C=C1CN(C)c2cc(CNC(=O)c3cc(C(=C)C)n4nccc4n3)ccc2O1. The number of hydrogen-bond acceptors (Lipinski definition) is 5. The lowest BCUT2D eigenvalue weighted by molar-refractivity contribution is 0.0946. The number of benzene rings is 1. The minimum atomic E-state index is -0.248. The Morgan fingerprint density at radius 1 is 1.32 bits per heavy atom. The summed E-state index contributed by atoms with van der Waals surface area (Å²) in [6, 6.07) is 9.30. The van der Waals surface area contributed by atoms with Gasteiger partial charge >= 0.3 is 0 Å². The fourth-order valence-electron chi connectivity index (χ4n) is 3.20. The summed E-state index contributed by atoms with van der Waals surface area (Å²) >= 11 is 0. The second-order valence-corrected chi connectivity index (χ2v) is 6.89. The number of nitrogens with zero attached hydrogens (tertiary/aromatic N) is 4. The Morgan fingerprint density at radius 2 is 2.14 bits per heavy atom. The van der Waals surface area contributed by atoms with Gasteiger partial charge in [0.15, 0.2) is 5.65 Å². The Hall–Kier alpha value is -3.61. The maximum absolute atomic E-state index is 12.7. The molecule has 3 aromatic rings. The third-order valence-electron chi connectivity index (χ3n) is 4.58. The lowest BCUT2D eigenvalue weighted by Gasteiger charge is -2.29. The Balaban J connectivity index is 1.54. The van der Waals surface area contributed by atoms with E-state index in [1.54, 1.807) is 22.8 Å². The smallest absolute Gasteiger partial charge is 0.270 e. The number of carbonyl (C=O) groups excluding carboxylic acids is 1. The number of ether oxygens (including phenoxy) is 1. The largest absolute Gasteiger partial charge is 0.458 e. The van der Waals surface area contributed by atoms with Gasteiger partial charge in [-0.05, 0) is 36.3 Å². The van der Waals surface area contributed by atoms with Crippen LogP contribution in [-0.2, 0) is 6.54 Å². The van der Waals surface area contributed by atoms with Crippen molar-refractivity contribution in [1.82, 2.24) is 19.9 Å². The van der Waals surface area contributed by atoms with Crippen molar-refractivity contribution in [3.05, 3.63) is 72.4 Å². The van der Waals surface area contributed by atoms with Gasteiger partial charge in [0.25, 0.3) is 5.91 Å². The zero-order chi connectivity index (χ0) is 19.8. The molecule has 1 aliphatic rings. The maximum Gasteiger partial charge on any atom is 0.270 e. The van der Waals surface area contributed by atoms with Crippen LogP contribution in [0.5, 0.6) is 5.75 Å². The summed E-state index contributed by atoms with van der Waals surface area (Å²) in [5.74, 6) is 1.24. The molecule has 1 amide bonds. The predicted molar refractivity (Wildman–Crippen MR) is 108 cm³/mol. The fraction of sp³-hybridized carbons (Fsp3) is 0.190. The first kappa shape index (κ1) is 17.8. The lowest BCUT2D eigenvalue weighted by atomic mass is 10.1. The molecular formula is C21H21N5O2. The number of fused-ring (bicyclic) bond motifs is 2. The molecular weight excluding hydrogens is 354 g/mol. The van der Waals surface area contributed by atoms with Crippen LogP contribution in [0.2, 0.25) is 0 Å². The Labute approximate surface area is 162 Å². The molecule has 2 aromatic heterocycles. The van der Waals surface area contributed by atoms with Gasteiger partial charge in [-0.2, -0.15) is 5.10 Å². The van der Waals surface area contributed by atoms with Gasteiger partial charge in [-0.25, -0.2) is 9.50 Å². The van der Waals surface area contributed by atoms with E-state index in [1.807, 2.05) is 32.2 Å². The van der Waals surface area contributed by atoms with Gasteiger partial charge in [0, 0.05) is 19.7 Å². The predicted octanol–water partition coefficient (Wildman–Crippen LogP) is 3.03.